The van der Waals surface area contributed by atoms with Gasteiger partial charge in [-0.05, 0) is 30.2 Å². The molecule has 0 saturated heterocycles. The van der Waals surface area contributed by atoms with Crippen molar-refractivity contribution in [3.8, 4) is 11.5 Å². The van der Waals surface area contributed by atoms with Gasteiger partial charge in [-0.2, -0.15) is 0 Å². The van der Waals surface area contributed by atoms with Gasteiger partial charge in [-0.3, -0.25) is 4.21 Å². The third kappa shape index (κ3) is 3.90. The average Bonchev–Trinajstić information content (AvgIpc) is 2.81. The summed E-state index contributed by atoms with van der Waals surface area (Å²) < 4.78 is 23.1. The van der Waals surface area contributed by atoms with Crippen LogP contribution in [0, 0.1) is 6.92 Å². The lowest BCUT2D eigenvalue weighted by Crippen LogP contribution is -2.06. The van der Waals surface area contributed by atoms with E-state index >= 15 is 0 Å². The third-order valence-corrected chi connectivity index (χ3v) is 4.84. The Morgan fingerprint density at radius 2 is 1.83 bits per heavy atom. The topological polar surface area (TPSA) is 47.6 Å². The Morgan fingerprint density at radius 1 is 1.08 bits per heavy atom. The van der Waals surface area contributed by atoms with E-state index in [1.165, 1.54) is 0 Å². The van der Waals surface area contributed by atoms with Crippen LogP contribution in [0.25, 0.3) is 0 Å². The van der Waals surface area contributed by atoms with Crippen molar-refractivity contribution in [3.05, 3.63) is 53.1 Å². The van der Waals surface area contributed by atoms with Gasteiger partial charge in [-0.1, -0.05) is 24.3 Å². The second-order valence-electron chi connectivity index (χ2n) is 5.96. The van der Waals surface area contributed by atoms with Gasteiger partial charge in [0.15, 0.2) is 11.5 Å². The molecule has 1 unspecified atom stereocenters. The molecular formula is C19H23NO3S. The Hall–Kier alpha value is -2.01. The molecule has 24 heavy (non-hydrogen) atoms. The largest absolute Gasteiger partial charge is 0.490 e. The predicted octanol–water partition coefficient (Wildman–Crippen LogP) is 3.65. The first-order valence-corrected chi connectivity index (χ1v) is 9.88. The van der Waals surface area contributed by atoms with Crippen molar-refractivity contribution >= 4 is 16.5 Å². The van der Waals surface area contributed by atoms with E-state index in [1.807, 2.05) is 24.3 Å². The molecule has 128 valence electrons. The smallest absolute Gasteiger partial charge is 0.166 e. The second-order valence-corrected chi connectivity index (χ2v) is 7.39. The summed E-state index contributed by atoms with van der Waals surface area (Å²) in [5.41, 5.74) is 4.41. The molecule has 1 heterocycles. The molecule has 3 rings (SSSR count). The molecule has 1 aliphatic heterocycles. The van der Waals surface area contributed by atoms with Crippen LogP contribution in [0.1, 0.15) is 23.1 Å². The Bertz CT molecular complexity index is 745. The number of para-hydroxylation sites is 1. The first-order chi connectivity index (χ1) is 11.6. The van der Waals surface area contributed by atoms with E-state index in [1.54, 1.807) is 6.26 Å². The first-order valence-electron chi connectivity index (χ1n) is 8.15. The van der Waals surface area contributed by atoms with Crippen LogP contribution in [-0.4, -0.2) is 23.7 Å². The highest BCUT2D eigenvalue weighted by molar-refractivity contribution is 7.83. The van der Waals surface area contributed by atoms with Crippen molar-refractivity contribution in [3.63, 3.8) is 0 Å². The van der Waals surface area contributed by atoms with Gasteiger partial charge in [0.05, 0.1) is 13.2 Å². The Balaban J connectivity index is 1.78. The molecule has 0 amide bonds. The van der Waals surface area contributed by atoms with Gasteiger partial charge in [0.1, 0.15) is 0 Å². The zero-order chi connectivity index (χ0) is 16.9. The molecule has 0 spiro atoms. The molecule has 4 nitrogen and oxygen atoms in total. The van der Waals surface area contributed by atoms with Gasteiger partial charge in [0, 0.05) is 47.0 Å². The van der Waals surface area contributed by atoms with Gasteiger partial charge in [-0.25, -0.2) is 0 Å². The Kier molecular flexibility index (Phi) is 5.41. The molecule has 0 saturated carbocycles. The fourth-order valence-electron chi connectivity index (χ4n) is 2.83. The maximum atomic E-state index is 11.5. The van der Waals surface area contributed by atoms with E-state index in [0.29, 0.717) is 25.5 Å². The first kappa shape index (κ1) is 16.8. The second kappa shape index (κ2) is 7.71. The van der Waals surface area contributed by atoms with Crippen LogP contribution in [0.4, 0.5) is 5.69 Å². The van der Waals surface area contributed by atoms with Crippen LogP contribution in [0.15, 0.2) is 36.4 Å². The van der Waals surface area contributed by atoms with E-state index in [-0.39, 0.29) is 0 Å². The molecular weight excluding hydrogens is 322 g/mol. The number of fused-ring (bicyclic) bond motifs is 1. The van der Waals surface area contributed by atoms with Crippen molar-refractivity contribution in [1.82, 2.24) is 0 Å². The molecule has 1 N–H and O–H groups in total. The molecule has 0 bridgehead atoms. The zero-order valence-corrected chi connectivity index (χ0v) is 14.9. The van der Waals surface area contributed by atoms with Gasteiger partial charge >= 0.3 is 0 Å². The van der Waals surface area contributed by atoms with Crippen LogP contribution in [0.2, 0.25) is 0 Å². The molecule has 0 fully saturated rings. The molecule has 2 aromatic carbocycles. The summed E-state index contributed by atoms with van der Waals surface area (Å²) in [5.74, 6) is 2.24. The molecule has 2 aromatic rings. The van der Waals surface area contributed by atoms with E-state index in [2.05, 4.69) is 24.4 Å². The van der Waals surface area contributed by atoms with Crippen molar-refractivity contribution in [2.24, 2.45) is 0 Å². The van der Waals surface area contributed by atoms with Gasteiger partial charge in [0.25, 0.3) is 0 Å². The summed E-state index contributed by atoms with van der Waals surface area (Å²) in [4.78, 5) is 0. The molecule has 0 aromatic heterocycles. The van der Waals surface area contributed by atoms with Crippen LogP contribution in [0.5, 0.6) is 11.5 Å². The summed E-state index contributed by atoms with van der Waals surface area (Å²) in [6.07, 6.45) is 2.63. The van der Waals surface area contributed by atoms with E-state index < -0.39 is 10.8 Å². The normalized spacial score (nSPS) is 14.8. The fourth-order valence-corrected chi connectivity index (χ4v) is 3.58. The Morgan fingerprint density at radius 3 is 2.67 bits per heavy atom. The minimum Gasteiger partial charge on any atom is -0.490 e. The maximum Gasteiger partial charge on any atom is 0.166 e. The molecule has 0 aliphatic carbocycles. The number of hydrogen-bond acceptors (Lipinski definition) is 4. The summed E-state index contributed by atoms with van der Waals surface area (Å²) in [7, 11) is -0.843. The maximum absolute atomic E-state index is 11.5. The lowest BCUT2D eigenvalue weighted by atomic mass is 10.1. The minimum absolute atomic E-state index is 0.582. The zero-order valence-electron chi connectivity index (χ0n) is 14.1. The van der Waals surface area contributed by atoms with E-state index in [0.717, 1.165) is 40.3 Å². The molecule has 1 atom stereocenters. The number of hydrogen-bond donors (Lipinski definition) is 1. The van der Waals surface area contributed by atoms with Crippen molar-refractivity contribution < 1.29 is 13.7 Å². The summed E-state index contributed by atoms with van der Waals surface area (Å²) in [5, 5.41) is 3.48. The van der Waals surface area contributed by atoms with Gasteiger partial charge in [0.2, 0.25) is 0 Å². The van der Waals surface area contributed by atoms with Crippen molar-refractivity contribution in [1.29, 1.82) is 0 Å². The third-order valence-electron chi connectivity index (χ3n) is 4.13. The summed E-state index contributed by atoms with van der Waals surface area (Å²) >= 11 is 0. The predicted molar refractivity (Wildman–Crippen MR) is 98.3 cm³/mol. The van der Waals surface area contributed by atoms with Crippen LogP contribution < -0.4 is 14.8 Å². The highest BCUT2D eigenvalue weighted by Gasteiger charge is 2.14. The number of benzene rings is 2. The van der Waals surface area contributed by atoms with Gasteiger partial charge in [-0.15, -0.1) is 0 Å². The van der Waals surface area contributed by atoms with Gasteiger partial charge < -0.3 is 14.8 Å². The fraction of sp³-hybridized carbons (Fsp3) is 0.368. The number of ether oxygens (including phenoxy) is 2. The van der Waals surface area contributed by atoms with Crippen molar-refractivity contribution in [2.45, 2.75) is 25.6 Å². The number of anilines is 1. The lowest BCUT2D eigenvalue weighted by molar-refractivity contribution is 0.296. The van der Waals surface area contributed by atoms with Crippen LogP contribution in [-0.2, 0) is 23.1 Å². The highest BCUT2D eigenvalue weighted by atomic mass is 32.2. The molecule has 1 aliphatic rings. The number of rotatable bonds is 5. The lowest BCUT2D eigenvalue weighted by Gasteiger charge is -2.16. The molecule has 5 heteroatoms. The minimum atomic E-state index is -0.843. The SMILES string of the molecule is Cc1c(CS(C)=O)cccc1NCc1cccc2c1OCCCO2. The summed E-state index contributed by atoms with van der Waals surface area (Å²) in [6.45, 7) is 4.10. The van der Waals surface area contributed by atoms with Crippen molar-refractivity contribution in [2.75, 3.05) is 24.8 Å². The number of nitrogens with one attached hydrogen (secondary N) is 1. The summed E-state index contributed by atoms with van der Waals surface area (Å²) in [6, 6.07) is 12.1. The monoisotopic (exact) mass is 345 g/mol. The quantitative estimate of drug-likeness (QED) is 0.899. The highest BCUT2D eigenvalue weighted by Crippen LogP contribution is 2.34. The molecule has 0 radical (unpaired) electrons. The Labute approximate surface area is 145 Å². The standard InChI is InChI=1S/C19H23NO3S/c1-14-16(13-24(2)21)7-3-8-17(14)20-12-15-6-4-9-18-19(15)23-11-5-10-22-18/h3-4,6-9,20H,5,10-13H2,1-2H3. The average molecular weight is 345 g/mol. The van der Waals surface area contributed by atoms with Crippen LogP contribution in [0.3, 0.4) is 0 Å². The van der Waals surface area contributed by atoms with E-state index in [9.17, 15) is 4.21 Å². The van der Waals surface area contributed by atoms with E-state index in [4.69, 9.17) is 9.47 Å². The van der Waals surface area contributed by atoms with Crippen LogP contribution >= 0.6 is 0 Å².